The second-order valence-corrected chi connectivity index (χ2v) is 6.31. The Hall–Kier alpha value is -2.58. The Balaban J connectivity index is 1.89. The third-order valence-electron chi connectivity index (χ3n) is 4.09. The van der Waals surface area contributed by atoms with Crippen molar-refractivity contribution in [3.63, 3.8) is 0 Å². The SMILES string of the molecule is COc1cc(Nc2cc(C(=O)N3CCOCC3)nc(C)n2)c(OC)cc1Cl. The second-order valence-electron chi connectivity index (χ2n) is 5.90. The highest BCUT2D eigenvalue weighted by Gasteiger charge is 2.21. The lowest BCUT2D eigenvalue weighted by atomic mass is 10.2. The number of benzene rings is 1. The molecule has 144 valence electrons. The maximum absolute atomic E-state index is 12.7. The van der Waals surface area contributed by atoms with Crippen molar-refractivity contribution in [2.24, 2.45) is 0 Å². The van der Waals surface area contributed by atoms with E-state index in [1.165, 1.54) is 7.11 Å². The van der Waals surface area contributed by atoms with Crippen molar-refractivity contribution in [3.8, 4) is 11.5 Å². The molecule has 3 rings (SSSR count). The molecule has 9 heteroatoms. The number of rotatable bonds is 5. The molecule has 0 aliphatic carbocycles. The monoisotopic (exact) mass is 392 g/mol. The summed E-state index contributed by atoms with van der Waals surface area (Å²) in [5.74, 6) is 1.83. The zero-order chi connectivity index (χ0) is 19.4. The van der Waals surface area contributed by atoms with Gasteiger partial charge in [-0.3, -0.25) is 4.79 Å². The first kappa shape index (κ1) is 19.2. The summed E-state index contributed by atoms with van der Waals surface area (Å²) in [6.45, 7) is 3.89. The van der Waals surface area contributed by atoms with E-state index in [1.807, 2.05) is 0 Å². The van der Waals surface area contributed by atoms with Gasteiger partial charge < -0.3 is 24.4 Å². The zero-order valence-corrected chi connectivity index (χ0v) is 16.2. The Labute approximate surface area is 162 Å². The normalized spacial score (nSPS) is 14.0. The average Bonchev–Trinajstić information content (AvgIpc) is 2.68. The van der Waals surface area contributed by atoms with Gasteiger partial charge in [-0.2, -0.15) is 0 Å². The van der Waals surface area contributed by atoms with Crippen molar-refractivity contribution >= 4 is 29.0 Å². The van der Waals surface area contributed by atoms with E-state index in [9.17, 15) is 4.79 Å². The van der Waals surface area contributed by atoms with Crippen LogP contribution >= 0.6 is 11.6 Å². The van der Waals surface area contributed by atoms with Crippen LogP contribution in [0, 0.1) is 6.92 Å². The van der Waals surface area contributed by atoms with Crippen LogP contribution in [0.25, 0.3) is 0 Å². The lowest BCUT2D eigenvalue weighted by molar-refractivity contribution is 0.0299. The zero-order valence-electron chi connectivity index (χ0n) is 15.4. The molecule has 2 heterocycles. The highest BCUT2D eigenvalue weighted by atomic mass is 35.5. The summed E-state index contributed by atoms with van der Waals surface area (Å²) in [6.07, 6.45) is 0. The molecule has 0 spiro atoms. The van der Waals surface area contributed by atoms with Crippen molar-refractivity contribution in [1.29, 1.82) is 0 Å². The number of aryl methyl sites for hydroxylation is 1. The van der Waals surface area contributed by atoms with Crippen molar-refractivity contribution in [2.75, 3.05) is 45.8 Å². The average molecular weight is 393 g/mol. The summed E-state index contributed by atoms with van der Waals surface area (Å²) in [6, 6.07) is 4.98. The number of ether oxygens (including phenoxy) is 3. The lowest BCUT2D eigenvalue weighted by Crippen LogP contribution is -2.41. The minimum Gasteiger partial charge on any atom is -0.495 e. The van der Waals surface area contributed by atoms with Gasteiger partial charge in [0, 0.05) is 31.3 Å². The van der Waals surface area contributed by atoms with E-state index in [0.29, 0.717) is 65.8 Å². The van der Waals surface area contributed by atoms with Gasteiger partial charge in [-0.1, -0.05) is 11.6 Å². The number of amides is 1. The highest BCUT2D eigenvalue weighted by Crippen LogP contribution is 2.37. The van der Waals surface area contributed by atoms with Gasteiger partial charge in [-0.05, 0) is 6.92 Å². The smallest absolute Gasteiger partial charge is 0.272 e. The van der Waals surface area contributed by atoms with Crippen LogP contribution in [-0.4, -0.2) is 61.3 Å². The number of morpholine rings is 1. The molecule has 0 atom stereocenters. The summed E-state index contributed by atoms with van der Waals surface area (Å²) in [5.41, 5.74) is 0.938. The van der Waals surface area contributed by atoms with Crippen LogP contribution in [0.2, 0.25) is 5.02 Å². The van der Waals surface area contributed by atoms with Gasteiger partial charge in [0.05, 0.1) is 38.1 Å². The molecular formula is C18H21ClN4O4. The number of carbonyl (C=O) groups is 1. The second kappa shape index (κ2) is 8.41. The van der Waals surface area contributed by atoms with E-state index in [0.717, 1.165) is 0 Å². The van der Waals surface area contributed by atoms with E-state index in [2.05, 4.69) is 15.3 Å². The summed E-state index contributed by atoms with van der Waals surface area (Å²) >= 11 is 6.14. The summed E-state index contributed by atoms with van der Waals surface area (Å²) in [7, 11) is 3.08. The molecule has 0 bridgehead atoms. The Kier molecular flexibility index (Phi) is 5.98. The standard InChI is InChI=1S/C18H21ClN4O4/c1-11-20-14(18(24)23-4-6-27-7-5-23)10-17(21-11)22-13-9-15(25-2)12(19)8-16(13)26-3/h8-10H,4-7H2,1-3H3,(H,20,21,22). The van der Waals surface area contributed by atoms with Crippen LogP contribution in [0.4, 0.5) is 11.5 Å². The van der Waals surface area contributed by atoms with Gasteiger partial charge in [-0.25, -0.2) is 9.97 Å². The molecule has 2 aromatic rings. The first-order chi connectivity index (χ1) is 13.0. The van der Waals surface area contributed by atoms with Crippen molar-refractivity contribution in [1.82, 2.24) is 14.9 Å². The van der Waals surface area contributed by atoms with E-state index in [1.54, 1.807) is 37.1 Å². The lowest BCUT2D eigenvalue weighted by Gasteiger charge is -2.26. The molecule has 8 nitrogen and oxygen atoms in total. The quantitative estimate of drug-likeness (QED) is 0.837. The van der Waals surface area contributed by atoms with Crippen LogP contribution in [0.5, 0.6) is 11.5 Å². The minimum absolute atomic E-state index is 0.146. The minimum atomic E-state index is -0.146. The molecule has 1 amide bonds. The van der Waals surface area contributed by atoms with E-state index < -0.39 is 0 Å². The Morgan fingerprint density at radius 1 is 1.15 bits per heavy atom. The van der Waals surface area contributed by atoms with Crippen LogP contribution in [0.15, 0.2) is 18.2 Å². The molecule has 0 saturated carbocycles. The third kappa shape index (κ3) is 4.40. The van der Waals surface area contributed by atoms with E-state index >= 15 is 0 Å². The number of hydrogen-bond acceptors (Lipinski definition) is 7. The van der Waals surface area contributed by atoms with Gasteiger partial charge in [-0.15, -0.1) is 0 Å². The van der Waals surface area contributed by atoms with Gasteiger partial charge in [0.2, 0.25) is 0 Å². The first-order valence-corrected chi connectivity index (χ1v) is 8.81. The van der Waals surface area contributed by atoms with Gasteiger partial charge >= 0.3 is 0 Å². The Bertz CT molecular complexity index is 840. The molecule has 0 radical (unpaired) electrons. The predicted octanol–water partition coefficient (Wildman–Crippen LogP) is 2.67. The summed E-state index contributed by atoms with van der Waals surface area (Å²) < 4.78 is 15.9. The third-order valence-corrected chi connectivity index (χ3v) is 4.39. The maximum atomic E-state index is 12.7. The van der Waals surface area contributed by atoms with Crippen molar-refractivity contribution < 1.29 is 19.0 Å². The van der Waals surface area contributed by atoms with Gasteiger partial charge in [0.1, 0.15) is 28.8 Å². The molecule has 1 saturated heterocycles. The topological polar surface area (TPSA) is 85.8 Å². The molecule has 27 heavy (non-hydrogen) atoms. The van der Waals surface area contributed by atoms with Crippen molar-refractivity contribution in [2.45, 2.75) is 6.92 Å². The molecule has 0 unspecified atom stereocenters. The highest BCUT2D eigenvalue weighted by molar-refractivity contribution is 6.32. The summed E-state index contributed by atoms with van der Waals surface area (Å²) in [5, 5.41) is 3.59. The van der Waals surface area contributed by atoms with Gasteiger partial charge in [0.15, 0.2) is 0 Å². The van der Waals surface area contributed by atoms with E-state index in [-0.39, 0.29) is 5.91 Å². The van der Waals surface area contributed by atoms with Crippen LogP contribution in [0.3, 0.4) is 0 Å². The molecule has 1 N–H and O–H groups in total. The first-order valence-electron chi connectivity index (χ1n) is 8.43. The predicted molar refractivity (Wildman–Crippen MR) is 101 cm³/mol. The number of carbonyl (C=O) groups excluding carboxylic acids is 1. The number of aromatic nitrogens is 2. The number of methoxy groups -OCH3 is 2. The molecular weight excluding hydrogens is 372 g/mol. The van der Waals surface area contributed by atoms with Crippen LogP contribution in [0.1, 0.15) is 16.3 Å². The fourth-order valence-corrected chi connectivity index (χ4v) is 3.00. The van der Waals surface area contributed by atoms with Crippen LogP contribution in [-0.2, 0) is 4.74 Å². The molecule has 1 aromatic carbocycles. The molecule has 1 fully saturated rings. The van der Waals surface area contributed by atoms with Crippen molar-refractivity contribution in [3.05, 3.63) is 34.7 Å². The summed E-state index contributed by atoms with van der Waals surface area (Å²) in [4.78, 5) is 23.1. The fourth-order valence-electron chi connectivity index (χ4n) is 2.77. The maximum Gasteiger partial charge on any atom is 0.272 e. The molecule has 1 aliphatic heterocycles. The largest absolute Gasteiger partial charge is 0.495 e. The van der Waals surface area contributed by atoms with Crippen LogP contribution < -0.4 is 14.8 Å². The molecule has 1 aromatic heterocycles. The number of nitrogens with zero attached hydrogens (tertiary/aromatic N) is 3. The number of nitrogens with one attached hydrogen (secondary N) is 1. The van der Waals surface area contributed by atoms with E-state index in [4.69, 9.17) is 25.8 Å². The Morgan fingerprint density at radius 3 is 2.52 bits per heavy atom. The number of halogens is 1. The molecule has 1 aliphatic rings. The van der Waals surface area contributed by atoms with Gasteiger partial charge in [0.25, 0.3) is 5.91 Å². The fraction of sp³-hybridized carbons (Fsp3) is 0.389. The number of hydrogen-bond donors (Lipinski definition) is 1. The Morgan fingerprint density at radius 2 is 1.85 bits per heavy atom. The number of anilines is 2.